The van der Waals surface area contributed by atoms with Gasteiger partial charge in [-0.15, -0.1) is 0 Å². The minimum absolute atomic E-state index is 0.308. The van der Waals surface area contributed by atoms with Crippen molar-refractivity contribution in [2.75, 3.05) is 6.54 Å². The van der Waals surface area contributed by atoms with Gasteiger partial charge in [0.05, 0.1) is 6.54 Å². The van der Waals surface area contributed by atoms with Crippen LogP contribution in [0.25, 0.3) is 0 Å². The van der Waals surface area contributed by atoms with Gasteiger partial charge in [0.15, 0.2) is 0 Å². The monoisotopic (exact) mass is 252 g/mol. The molecule has 0 aromatic carbocycles. The first-order valence-electron chi connectivity index (χ1n) is 6.90. The lowest BCUT2D eigenvalue weighted by atomic mass is 9.81. The van der Waals surface area contributed by atoms with E-state index in [-0.39, 0.29) is 0 Å². The predicted molar refractivity (Wildman–Crippen MR) is 75.2 cm³/mol. The molecule has 1 heterocycles. The summed E-state index contributed by atoms with van der Waals surface area (Å²) >= 11 is 0. The van der Waals surface area contributed by atoms with Crippen LogP contribution in [0.3, 0.4) is 0 Å². The molecule has 1 rings (SSSR count). The third-order valence-corrected chi connectivity index (χ3v) is 3.66. The highest BCUT2D eigenvalue weighted by molar-refractivity contribution is 4.85. The van der Waals surface area contributed by atoms with Gasteiger partial charge < -0.3 is 5.32 Å². The Labute approximate surface area is 111 Å². The van der Waals surface area contributed by atoms with Crippen LogP contribution in [-0.2, 0) is 13.1 Å². The number of rotatable bonds is 7. The van der Waals surface area contributed by atoms with Crippen molar-refractivity contribution >= 4 is 0 Å². The summed E-state index contributed by atoms with van der Waals surface area (Å²) < 4.78 is 2.00. The number of hydrogen-bond acceptors (Lipinski definition) is 3. The average Bonchev–Trinajstić information content (AvgIpc) is 2.64. The van der Waals surface area contributed by atoms with E-state index in [4.69, 9.17) is 0 Å². The highest BCUT2D eigenvalue weighted by Gasteiger charge is 2.21. The maximum Gasteiger partial charge on any atom is 0.140 e. The maximum atomic E-state index is 4.32. The number of nitrogens with one attached hydrogen (secondary N) is 1. The summed E-state index contributed by atoms with van der Waals surface area (Å²) in [4.78, 5) is 4.32. The van der Waals surface area contributed by atoms with Gasteiger partial charge in [0, 0.05) is 13.1 Å². The van der Waals surface area contributed by atoms with Gasteiger partial charge in [0.25, 0.3) is 0 Å². The lowest BCUT2D eigenvalue weighted by Gasteiger charge is -2.29. The molecule has 1 aromatic heterocycles. The molecular weight excluding hydrogens is 224 g/mol. The molecule has 0 aliphatic heterocycles. The van der Waals surface area contributed by atoms with Gasteiger partial charge in [-0.2, -0.15) is 5.10 Å². The quantitative estimate of drug-likeness (QED) is 0.811. The van der Waals surface area contributed by atoms with Gasteiger partial charge in [0.2, 0.25) is 0 Å². The van der Waals surface area contributed by atoms with Gasteiger partial charge in [-0.3, -0.25) is 0 Å². The molecule has 4 nitrogen and oxygen atoms in total. The molecule has 0 radical (unpaired) electrons. The van der Waals surface area contributed by atoms with Gasteiger partial charge >= 0.3 is 0 Å². The van der Waals surface area contributed by atoms with Crippen LogP contribution in [0, 0.1) is 17.3 Å². The van der Waals surface area contributed by atoms with Crippen molar-refractivity contribution < 1.29 is 0 Å². The predicted octanol–water partition coefficient (Wildman–Crippen LogP) is 2.71. The molecule has 0 unspecified atom stereocenters. The van der Waals surface area contributed by atoms with Crippen molar-refractivity contribution in [1.29, 1.82) is 0 Å². The highest BCUT2D eigenvalue weighted by atomic mass is 15.3. The van der Waals surface area contributed by atoms with Crippen LogP contribution >= 0.6 is 0 Å². The van der Waals surface area contributed by atoms with E-state index in [0.717, 1.165) is 25.5 Å². The summed E-state index contributed by atoms with van der Waals surface area (Å²) in [5.74, 6) is 2.29. The maximum absolute atomic E-state index is 4.32. The molecule has 0 fully saturated rings. The van der Waals surface area contributed by atoms with Crippen molar-refractivity contribution in [3.8, 4) is 0 Å². The Kier molecular flexibility index (Phi) is 5.32. The summed E-state index contributed by atoms with van der Waals surface area (Å²) in [5, 5.41) is 7.77. The second-order valence-corrected chi connectivity index (χ2v) is 6.50. The summed E-state index contributed by atoms with van der Waals surface area (Å²) in [6.45, 7) is 16.2. The summed E-state index contributed by atoms with van der Waals surface area (Å²) in [6, 6.07) is 0. The van der Waals surface area contributed by atoms with Crippen LogP contribution in [-0.4, -0.2) is 21.3 Å². The molecule has 0 saturated carbocycles. The molecule has 0 aliphatic rings. The van der Waals surface area contributed by atoms with E-state index in [1.807, 2.05) is 4.68 Å². The number of nitrogens with zero attached hydrogens (tertiary/aromatic N) is 3. The molecule has 4 heteroatoms. The number of aromatic nitrogens is 3. The molecule has 1 aromatic rings. The molecule has 1 N–H and O–H groups in total. The molecule has 0 saturated heterocycles. The van der Waals surface area contributed by atoms with E-state index in [1.165, 1.54) is 0 Å². The molecule has 0 bridgehead atoms. The molecule has 0 spiro atoms. The smallest absolute Gasteiger partial charge is 0.140 e. The largest absolute Gasteiger partial charge is 0.309 e. The van der Waals surface area contributed by atoms with Crippen LogP contribution in [0.4, 0.5) is 0 Å². The first-order valence-corrected chi connectivity index (χ1v) is 6.90. The standard InChI is InChI=1S/C14H28N4/c1-11(2)8-18-13(16-10-17-18)7-15-9-14(5,6)12(3)4/h10-12,15H,7-9H2,1-6H3. The molecule has 0 atom stereocenters. The Morgan fingerprint density at radius 3 is 2.50 bits per heavy atom. The second-order valence-electron chi connectivity index (χ2n) is 6.50. The van der Waals surface area contributed by atoms with Crippen molar-refractivity contribution in [1.82, 2.24) is 20.1 Å². The van der Waals surface area contributed by atoms with Gasteiger partial charge in [-0.05, 0) is 17.3 Å². The minimum atomic E-state index is 0.308. The molecular formula is C14H28N4. The molecule has 18 heavy (non-hydrogen) atoms. The second kappa shape index (κ2) is 6.32. The summed E-state index contributed by atoms with van der Waals surface area (Å²) in [7, 11) is 0. The first-order chi connectivity index (χ1) is 8.33. The number of hydrogen-bond donors (Lipinski definition) is 1. The molecule has 0 aliphatic carbocycles. The first kappa shape index (κ1) is 15.2. The fourth-order valence-corrected chi connectivity index (χ4v) is 1.62. The topological polar surface area (TPSA) is 42.7 Å². The van der Waals surface area contributed by atoms with Crippen molar-refractivity contribution in [3.63, 3.8) is 0 Å². The summed E-state index contributed by atoms with van der Waals surface area (Å²) in [6.07, 6.45) is 1.65. The SMILES string of the molecule is CC(C)Cn1ncnc1CNCC(C)(C)C(C)C. The molecule has 104 valence electrons. The van der Waals surface area contributed by atoms with Crippen LogP contribution in [0.1, 0.15) is 47.4 Å². The van der Waals surface area contributed by atoms with Crippen molar-refractivity contribution in [2.45, 2.75) is 54.6 Å². The fourth-order valence-electron chi connectivity index (χ4n) is 1.62. The average molecular weight is 252 g/mol. The van der Waals surface area contributed by atoms with Gasteiger partial charge in [0.1, 0.15) is 12.2 Å². The Morgan fingerprint density at radius 2 is 1.94 bits per heavy atom. The fraction of sp³-hybridized carbons (Fsp3) is 0.857. The third kappa shape index (κ3) is 4.41. The van der Waals surface area contributed by atoms with Crippen LogP contribution in [0.15, 0.2) is 6.33 Å². The zero-order valence-corrected chi connectivity index (χ0v) is 12.7. The van der Waals surface area contributed by atoms with Crippen LogP contribution in [0.2, 0.25) is 0 Å². The lowest BCUT2D eigenvalue weighted by Crippen LogP contribution is -2.33. The zero-order valence-electron chi connectivity index (χ0n) is 12.7. The normalized spacial score (nSPS) is 12.7. The Bertz CT molecular complexity index is 352. The van der Waals surface area contributed by atoms with E-state index >= 15 is 0 Å². The van der Waals surface area contributed by atoms with E-state index in [0.29, 0.717) is 17.3 Å². The Morgan fingerprint density at radius 1 is 1.28 bits per heavy atom. The van der Waals surface area contributed by atoms with E-state index in [2.05, 4.69) is 56.9 Å². The van der Waals surface area contributed by atoms with Crippen molar-refractivity contribution in [2.24, 2.45) is 17.3 Å². The summed E-state index contributed by atoms with van der Waals surface area (Å²) in [5.41, 5.74) is 0.308. The zero-order chi connectivity index (χ0) is 13.8. The van der Waals surface area contributed by atoms with Crippen molar-refractivity contribution in [3.05, 3.63) is 12.2 Å². The van der Waals surface area contributed by atoms with Crippen LogP contribution < -0.4 is 5.32 Å². The minimum Gasteiger partial charge on any atom is -0.309 e. The van der Waals surface area contributed by atoms with Crippen LogP contribution in [0.5, 0.6) is 0 Å². The van der Waals surface area contributed by atoms with Gasteiger partial charge in [-0.25, -0.2) is 9.67 Å². The lowest BCUT2D eigenvalue weighted by molar-refractivity contribution is 0.236. The van der Waals surface area contributed by atoms with E-state index < -0.39 is 0 Å². The highest BCUT2D eigenvalue weighted by Crippen LogP contribution is 2.24. The Balaban J connectivity index is 2.47. The third-order valence-electron chi connectivity index (χ3n) is 3.66. The van der Waals surface area contributed by atoms with E-state index in [1.54, 1.807) is 6.33 Å². The van der Waals surface area contributed by atoms with Gasteiger partial charge in [-0.1, -0.05) is 41.5 Å². The van der Waals surface area contributed by atoms with E-state index in [9.17, 15) is 0 Å². The molecule has 0 amide bonds. The Hall–Kier alpha value is -0.900.